The lowest BCUT2D eigenvalue weighted by Gasteiger charge is -2.18. The summed E-state index contributed by atoms with van der Waals surface area (Å²) in [5.41, 5.74) is 7.16. The predicted octanol–water partition coefficient (Wildman–Crippen LogP) is 7.62. The van der Waals surface area contributed by atoms with E-state index in [1.807, 2.05) is 89.2 Å². The number of anilines is 2. The summed E-state index contributed by atoms with van der Waals surface area (Å²) in [6, 6.07) is 43.2. The second-order valence-electron chi connectivity index (χ2n) is 10.4. The molecule has 0 atom stereocenters. The van der Waals surface area contributed by atoms with Gasteiger partial charge in [-0.2, -0.15) is 10.2 Å². The molecule has 0 unspecified atom stereocenters. The summed E-state index contributed by atoms with van der Waals surface area (Å²) in [5, 5.41) is 25.2. The fraction of sp³-hybridized carbons (Fsp3) is 0.105. The Morgan fingerprint density at radius 3 is 1.62 bits per heavy atom. The third-order valence-electron chi connectivity index (χ3n) is 7.48. The van der Waals surface area contributed by atoms with E-state index in [2.05, 4.69) is 71.8 Å². The molecular formula is C38H35N5O2. The van der Waals surface area contributed by atoms with Crippen LogP contribution in [0.1, 0.15) is 11.1 Å². The number of ether oxygens (including phenoxy) is 1. The number of nitrogens with zero attached hydrogens (tertiary/aromatic N) is 5. The summed E-state index contributed by atoms with van der Waals surface area (Å²) >= 11 is 0. The van der Waals surface area contributed by atoms with Crippen LogP contribution in [0.25, 0.3) is 27.5 Å². The van der Waals surface area contributed by atoms with E-state index >= 15 is 0 Å². The van der Waals surface area contributed by atoms with Gasteiger partial charge in [-0.25, -0.2) is 0 Å². The molecule has 7 nitrogen and oxygen atoms in total. The SMILES string of the molecule is C=COCCN(/N=C/c1ccc2c(c1)c1cc(/C=N/N(CCO)c3ccccc3)ccc1n2-c1ccccc1)c1ccccc1. The number of aliphatic hydroxyl groups excluding tert-OH is 1. The van der Waals surface area contributed by atoms with Crippen LogP contribution in [0.3, 0.4) is 0 Å². The molecule has 0 amide bonds. The Kier molecular flexibility index (Phi) is 9.29. The molecule has 0 aliphatic heterocycles. The molecule has 0 bridgehead atoms. The van der Waals surface area contributed by atoms with Crippen molar-refractivity contribution >= 4 is 45.6 Å². The highest BCUT2D eigenvalue weighted by atomic mass is 16.5. The first-order valence-corrected chi connectivity index (χ1v) is 15.0. The van der Waals surface area contributed by atoms with Crippen molar-refractivity contribution in [3.63, 3.8) is 0 Å². The van der Waals surface area contributed by atoms with Gasteiger partial charge in [-0.15, -0.1) is 0 Å². The maximum absolute atomic E-state index is 9.65. The molecule has 0 aliphatic rings. The number of hydrogen-bond acceptors (Lipinski definition) is 6. The standard InChI is InChI=1S/C38H35N5O2/c1-2-45-25-23-42(33-14-8-4-9-15-33)40-29-31-19-21-38-36(27-31)35-26-30(18-20-37(35)43(38)34-16-10-5-11-17-34)28-39-41(22-24-44)32-12-6-3-7-13-32/h2-21,26-29,44H,1,22-25H2/b39-28+,40-29+. The largest absolute Gasteiger partial charge is 0.500 e. The van der Waals surface area contributed by atoms with Crippen molar-refractivity contribution in [1.29, 1.82) is 0 Å². The van der Waals surface area contributed by atoms with Gasteiger partial charge in [0.25, 0.3) is 0 Å². The first kappa shape index (κ1) is 29.4. The van der Waals surface area contributed by atoms with Crippen molar-refractivity contribution < 1.29 is 9.84 Å². The molecule has 6 rings (SSSR count). The van der Waals surface area contributed by atoms with Crippen LogP contribution in [0.5, 0.6) is 0 Å². The van der Waals surface area contributed by atoms with E-state index in [1.165, 1.54) is 6.26 Å². The van der Waals surface area contributed by atoms with Crippen molar-refractivity contribution in [1.82, 2.24) is 4.57 Å². The summed E-state index contributed by atoms with van der Waals surface area (Å²) in [4.78, 5) is 0. The van der Waals surface area contributed by atoms with Crippen LogP contribution in [0.4, 0.5) is 11.4 Å². The second kappa shape index (κ2) is 14.2. The highest BCUT2D eigenvalue weighted by Crippen LogP contribution is 2.33. The molecule has 45 heavy (non-hydrogen) atoms. The van der Waals surface area contributed by atoms with Gasteiger partial charge < -0.3 is 14.4 Å². The average molecular weight is 594 g/mol. The number of hydrazone groups is 2. The minimum Gasteiger partial charge on any atom is -0.500 e. The zero-order valence-corrected chi connectivity index (χ0v) is 25.0. The summed E-state index contributed by atoms with van der Waals surface area (Å²) in [6.07, 6.45) is 5.19. The van der Waals surface area contributed by atoms with E-state index in [1.54, 1.807) is 0 Å². The van der Waals surface area contributed by atoms with E-state index in [9.17, 15) is 5.11 Å². The molecule has 1 N–H and O–H groups in total. The third kappa shape index (κ3) is 6.79. The van der Waals surface area contributed by atoms with Crippen LogP contribution >= 0.6 is 0 Å². The van der Waals surface area contributed by atoms with Gasteiger partial charge in [0.1, 0.15) is 6.61 Å². The van der Waals surface area contributed by atoms with E-state index in [-0.39, 0.29) is 6.61 Å². The summed E-state index contributed by atoms with van der Waals surface area (Å²) in [6.45, 7) is 5.11. The summed E-state index contributed by atoms with van der Waals surface area (Å²) in [5.74, 6) is 0. The van der Waals surface area contributed by atoms with Crippen LogP contribution in [0, 0.1) is 0 Å². The molecule has 6 aromatic rings. The lowest BCUT2D eigenvalue weighted by atomic mass is 10.1. The Balaban J connectivity index is 1.40. The van der Waals surface area contributed by atoms with Crippen LogP contribution < -0.4 is 10.0 Å². The van der Waals surface area contributed by atoms with Crippen molar-refractivity contribution in [3.8, 4) is 5.69 Å². The molecule has 0 aliphatic carbocycles. The van der Waals surface area contributed by atoms with E-state index in [4.69, 9.17) is 14.9 Å². The minimum atomic E-state index is 0.00312. The predicted molar refractivity (Wildman–Crippen MR) is 187 cm³/mol. The Morgan fingerprint density at radius 1 is 0.644 bits per heavy atom. The van der Waals surface area contributed by atoms with Gasteiger partial charge in [0.05, 0.1) is 60.8 Å². The van der Waals surface area contributed by atoms with Crippen molar-refractivity contribution in [2.45, 2.75) is 0 Å². The molecule has 1 heterocycles. The van der Waals surface area contributed by atoms with E-state index < -0.39 is 0 Å². The lowest BCUT2D eigenvalue weighted by Crippen LogP contribution is -2.21. The molecular weight excluding hydrogens is 558 g/mol. The topological polar surface area (TPSA) is 65.6 Å². The zero-order valence-electron chi connectivity index (χ0n) is 25.0. The van der Waals surface area contributed by atoms with Gasteiger partial charge in [-0.05, 0) is 71.8 Å². The fourth-order valence-electron chi connectivity index (χ4n) is 5.37. The number of benzene rings is 5. The monoisotopic (exact) mass is 593 g/mol. The van der Waals surface area contributed by atoms with Crippen molar-refractivity contribution in [3.05, 3.63) is 151 Å². The molecule has 0 radical (unpaired) electrons. The lowest BCUT2D eigenvalue weighted by molar-refractivity contribution is 0.258. The summed E-state index contributed by atoms with van der Waals surface area (Å²) in [7, 11) is 0. The highest BCUT2D eigenvalue weighted by Gasteiger charge is 2.14. The summed E-state index contributed by atoms with van der Waals surface area (Å²) < 4.78 is 7.68. The van der Waals surface area contributed by atoms with Gasteiger partial charge in [-0.3, -0.25) is 10.0 Å². The zero-order chi connectivity index (χ0) is 30.8. The van der Waals surface area contributed by atoms with Crippen molar-refractivity contribution in [2.75, 3.05) is 36.3 Å². The van der Waals surface area contributed by atoms with E-state index in [0.29, 0.717) is 19.7 Å². The second-order valence-corrected chi connectivity index (χ2v) is 10.4. The first-order valence-electron chi connectivity index (χ1n) is 15.0. The number of hydrogen-bond donors (Lipinski definition) is 1. The minimum absolute atomic E-state index is 0.00312. The number of fused-ring (bicyclic) bond motifs is 3. The van der Waals surface area contributed by atoms with Gasteiger partial charge in [0.15, 0.2) is 0 Å². The van der Waals surface area contributed by atoms with Crippen LogP contribution in [-0.2, 0) is 4.74 Å². The van der Waals surface area contributed by atoms with Crippen LogP contribution in [0.15, 0.2) is 150 Å². The Labute approximate surface area is 263 Å². The first-order chi connectivity index (χ1) is 22.2. The maximum atomic E-state index is 9.65. The molecule has 0 spiro atoms. The molecule has 0 saturated carbocycles. The quantitative estimate of drug-likeness (QED) is 0.0648. The molecule has 7 heteroatoms. The third-order valence-corrected chi connectivity index (χ3v) is 7.48. The Bertz CT molecular complexity index is 1920. The van der Waals surface area contributed by atoms with Gasteiger partial charge >= 0.3 is 0 Å². The maximum Gasteiger partial charge on any atom is 0.107 e. The normalized spacial score (nSPS) is 11.5. The van der Waals surface area contributed by atoms with Gasteiger partial charge in [0.2, 0.25) is 0 Å². The smallest absolute Gasteiger partial charge is 0.107 e. The van der Waals surface area contributed by atoms with Gasteiger partial charge in [-0.1, -0.05) is 73.3 Å². The van der Waals surface area contributed by atoms with Crippen LogP contribution in [-0.4, -0.2) is 48.4 Å². The molecule has 224 valence electrons. The highest BCUT2D eigenvalue weighted by molar-refractivity contribution is 6.12. The van der Waals surface area contributed by atoms with Crippen LogP contribution in [0.2, 0.25) is 0 Å². The van der Waals surface area contributed by atoms with E-state index in [0.717, 1.165) is 50.0 Å². The molecule has 5 aromatic carbocycles. The van der Waals surface area contributed by atoms with Crippen molar-refractivity contribution in [2.24, 2.45) is 10.2 Å². The fourth-order valence-corrected chi connectivity index (χ4v) is 5.37. The number of aliphatic hydroxyl groups is 1. The number of para-hydroxylation sites is 3. The average Bonchev–Trinajstić information content (AvgIpc) is 3.42. The van der Waals surface area contributed by atoms with Gasteiger partial charge in [0, 0.05) is 16.5 Å². The Hall–Kier alpha value is -5.66. The molecule has 1 aromatic heterocycles. The Morgan fingerprint density at radius 2 is 1.13 bits per heavy atom. The number of rotatable bonds is 13. The number of aromatic nitrogens is 1. The molecule has 0 saturated heterocycles. The molecule has 0 fully saturated rings.